The van der Waals surface area contributed by atoms with E-state index in [0.29, 0.717) is 6.29 Å². The minimum Gasteiger partial charge on any atom is -0.444 e. The lowest BCUT2D eigenvalue weighted by Crippen LogP contribution is -2.47. The average Bonchev–Trinajstić information content (AvgIpc) is 2.46. The van der Waals surface area contributed by atoms with Crippen LogP contribution >= 0.6 is 0 Å². The fraction of sp³-hybridized carbons (Fsp3) is 0.857. The molecule has 29 heavy (non-hydrogen) atoms. The molecule has 0 heterocycles. The number of alkyl carbamates (subject to hydrolysis) is 2. The zero-order chi connectivity index (χ0) is 23.6. The second-order valence-electron chi connectivity index (χ2n) is 9.71. The van der Waals surface area contributed by atoms with Crippen LogP contribution in [0.3, 0.4) is 0 Å². The quantitative estimate of drug-likeness (QED) is 0.567. The summed E-state index contributed by atoms with van der Waals surface area (Å²) in [6.07, 6.45) is -0.905. The van der Waals surface area contributed by atoms with Crippen molar-refractivity contribution in [3.63, 3.8) is 0 Å². The molecule has 0 saturated carbocycles. The van der Waals surface area contributed by atoms with Crippen LogP contribution in [-0.2, 0) is 14.3 Å². The largest absolute Gasteiger partial charge is 0.444 e. The number of aliphatic hydroxyl groups excluding tert-OH is 1. The molecule has 8 nitrogen and oxygen atoms in total. The van der Waals surface area contributed by atoms with Crippen LogP contribution in [0.5, 0.6) is 0 Å². The Kier molecular flexibility index (Phi) is 12.8. The van der Waals surface area contributed by atoms with Gasteiger partial charge in [0, 0.05) is 0 Å². The van der Waals surface area contributed by atoms with Crippen molar-refractivity contribution in [1.29, 1.82) is 0 Å². The van der Waals surface area contributed by atoms with Crippen LogP contribution in [0.4, 0.5) is 9.59 Å². The van der Waals surface area contributed by atoms with Gasteiger partial charge in [0.2, 0.25) is 0 Å². The highest BCUT2D eigenvalue weighted by atomic mass is 16.6. The van der Waals surface area contributed by atoms with Crippen LogP contribution < -0.4 is 10.6 Å². The van der Waals surface area contributed by atoms with E-state index in [-0.39, 0.29) is 17.9 Å². The Bertz CT molecular complexity index is 496. The number of hydrogen-bond donors (Lipinski definition) is 3. The maximum atomic E-state index is 11.4. The molecule has 0 radical (unpaired) electrons. The third-order valence-corrected chi connectivity index (χ3v) is 3.47. The number of carbonyl (C=O) groups is 3. The summed E-state index contributed by atoms with van der Waals surface area (Å²) < 4.78 is 10.1. The van der Waals surface area contributed by atoms with Crippen LogP contribution in [0.1, 0.15) is 76.2 Å². The van der Waals surface area contributed by atoms with Crippen molar-refractivity contribution in [3.05, 3.63) is 0 Å². The SMILES string of the molecule is CC(C)[C@@H](NC(=O)OC(C)(C)C)C(C)O.CC(C)[C@H](C=O)NC(=O)OC(C)(C)C. The van der Waals surface area contributed by atoms with E-state index < -0.39 is 35.5 Å². The molecule has 0 spiro atoms. The van der Waals surface area contributed by atoms with Crippen molar-refractivity contribution in [3.8, 4) is 0 Å². The number of nitrogens with one attached hydrogen (secondary N) is 2. The first-order chi connectivity index (χ1) is 12.9. The molecule has 3 atom stereocenters. The topological polar surface area (TPSA) is 114 Å². The molecular weight excluding hydrogens is 376 g/mol. The normalized spacial score (nSPS) is 14.8. The Balaban J connectivity index is 0. The van der Waals surface area contributed by atoms with Gasteiger partial charge in [-0.1, -0.05) is 27.7 Å². The van der Waals surface area contributed by atoms with Gasteiger partial charge in [0.25, 0.3) is 0 Å². The molecule has 0 fully saturated rings. The maximum absolute atomic E-state index is 11.4. The first kappa shape index (κ1) is 29.4. The monoisotopic (exact) mass is 418 g/mol. The minimum absolute atomic E-state index is 0.0695. The summed E-state index contributed by atoms with van der Waals surface area (Å²) in [6, 6.07) is -0.760. The van der Waals surface area contributed by atoms with Crippen molar-refractivity contribution >= 4 is 18.5 Å². The van der Waals surface area contributed by atoms with E-state index in [1.54, 1.807) is 48.5 Å². The summed E-state index contributed by atoms with van der Waals surface area (Å²) in [5, 5.41) is 14.6. The van der Waals surface area contributed by atoms with E-state index in [4.69, 9.17) is 9.47 Å². The highest BCUT2D eigenvalue weighted by Gasteiger charge is 2.24. The molecule has 0 aromatic carbocycles. The van der Waals surface area contributed by atoms with E-state index >= 15 is 0 Å². The van der Waals surface area contributed by atoms with E-state index in [1.807, 2.05) is 27.7 Å². The first-order valence-corrected chi connectivity index (χ1v) is 10.0. The number of rotatable bonds is 6. The zero-order valence-electron chi connectivity index (χ0n) is 20.0. The predicted molar refractivity (Wildman–Crippen MR) is 114 cm³/mol. The molecule has 0 bridgehead atoms. The predicted octanol–water partition coefficient (Wildman–Crippen LogP) is 3.65. The molecule has 0 aliphatic heterocycles. The van der Waals surface area contributed by atoms with Gasteiger partial charge in [-0.15, -0.1) is 0 Å². The molecule has 172 valence electrons. The van der Waals surface area contributed by atoms with Gasteiger partial charge in [0.1, 0.15) is 17.5 Å². The standard InChI is InChI=1S/C11H23NO3.C10H19NO3/c1-7(2)9(8(3)13)12-10(14)15-11(4,5)6;1-7(2)8(6-12)11-9(13)14-10(3,4)5/h7-9,13H,1-6H3,(H,12,14);6-8H,1-5H3,(H,11,13)/t8?,9-;8-/m10/s1. The van der Waals surface area contributed by atoms with Gasteiger partial charge in [-0.25, -0.2) is 9.59 Å². The molecule has 0 aliphatic carbocycles. The molecule has 0 aromatic rings. The summed E-state index contributed by atoms with van der Waals surface area (Å²) >= 11 is 0. The Morgan fingerprint density at radius 3 is 1.41 bits per heavy atom. The van der Waals surface area contributed by atoms with Crippen molar-refractivity contribution in [2.24, 2.45) is 11.8 Å². The van der Waals surface area contributed by atoms with Crippen LogP contribution in [0, 0.1) is 11.8 Å². The van der Waals surface area contributed by atoms with Crippen molar-refractivity contribution in [2.75, 3.05) is 0 Å². The van der Waals surface area contributed by atoms with Gasteiger partial charge in [-0.2, -0.15) is 0 Å². The fourth-order valence-electron chi connectivity index (χ4n) is 2.09. The van der Waals surface area contributed by atoms with E-state index in [9.17, 15) is 19.5 Å². The van der Waals surface area contributed by atoms with Crippen molar-refractivity contribution in [1.82, 2.24) is 10.6 Å². The first-order valence-electron chi connectivity index (χ1n) is 10.0. The van der Waals surface area contributed by atoms with Crippen LogP contribution in [0.2, 0.25) is 0 Å². The second-order valence-corrected chi connectivity index (χ2v) is 9.71. The lowest BCUT2D eigenvalue weighted by atomic mass is 10.00. The summed E-state index contributed by atoms with van der Waals surface area (Å²) in [5.41, 5.74) is -1.04. The van der Waals surface area contributed by atoms with Crippen molar-refractivity contribution < 1.29 is 29.0 Å². The Hall–Kier alpha value is -1.83. The lowest BCUT2D eigenvalue weighted by molar-refractivity contribution is -0.110. The maximum Gasteiger partial charge on any atom is 0.408 e. The second kappa shape index (κ2) is 12.7. The van der Waals surface area contributed by atoms with Gasteiger partial charge in [-0.3, -0.25) is 0 Å². The summed E-state index contributed by atoms with van der Waals surface area (Å²) in [5.74, 6) is 0.234. The highest BCUT2D eigenvalue weighted by molar-refractivity contribution is 5.73. The van der Waals surface area contributed by atoms with E-state index in [1.165, 1.54) is 0 Å². The third-order valence-electron chi connectivity index (χ3n) is 3.47. The molecule has 2 amide bonds. The van der Waals surface area contributed by atoms with Crippen LogP contribution in [0.25, 0.3) is 0 Å². The summed E-state index contributed by atoms with van der Waals surface area (Å²) in [4.78, 5) is 33.3. The van der Waals surface area contributed by atoms with Gasteiger partial charge >= 0.3 is 12.2 Å². The summed E-state index contributed by atoms with van der Waals surface area (Å²) in [7, 11) is 0. The van der Waals surface area contributed by atoms with E-state index in [2.05, 4.69) is 10.6 Å². The molecule has 3 N–H and O–H groups in total. The van der Waals surface area contributed by atoms with Crippen molar-refractivity contribution in [2.45, 2.75) is 106 Å². The number of aliphatic hydroxyl groups is 1. The Labute approximate surface area is 176 Å². The molecule has 8 heteroatoms. The average molecular weight is 419 g/mol. The van der Waals surface area contributed by atoms with Crippen LogP contribution in [0.15, 0.2) is 0 Å². The fourth-order valence-corrected chi connectivity index (χ4v) is 2.09. The van der Waals surface area contributed by atoms with E-state index in [0.717, 1.165) is 0 Å². The number of carbonyl (C=O) groups excluding carboxylic acids is 3. The zero-order valence-corrected chi connectivity index (χ0v) is 20.0. The minimum atomic E-state index is -0.586. The molecular formula is C21H42N2O6. The molecule has 0 aromatic heterocycles. The number of hydrogen-bond acceptors (Lipinski definition) is 6. The van der Waals surface area contributed by atoms with Gasteiger partial charge in [0.05, 0.1) is 18.2 Å². The smallest absolute Gasteiger partial charge is 0.408 e. The van der Waals surface area contributed by atoms with Gasteiger partial charge in [-0.05, 0) is 60.3 Å². The number of ether oxygens (including phenoxy) is 2. The number of amides is 2. The molecule has 0 rings (SSSR count). The molecule has 0 aliphatic rings. The third kappa shape index (κ3) is 16.8. The highest BCUT2D eigenvalue weighted by Crippen LogP contribution is 2.10. The molecule has 0 saturated heterocycles. The van der Waals surface area contributed by atoms with Crippen LogP contribution in [-0.4, -0.2) is 53.0 Å². The number of aldehydes is 1. The summed E-state index contributed by atoms with van der Waals surface area (Å²) in [6.45, 7) is 20.0. The van der Waals surface area contributed by atoms with Gasteiger partial charge in [0.15, 0.2) is 0 Å². The Morgan fingerprint density at radius 1 is 0.793 bits per heavy atom. The van der Waals surface area contributed by atoms with Gasteiger partial charge < -0.3 is 30.0 Å². The Morgan fingerprint density at radius 2 is 1.17 bits per heavy atom. The lowest BCUT2D eigenvalue weighted by Gasteiger charge is -2.27. The molecule has 1 unspecified atom stereocenters.